The van der Waals surface area contributed by atoms with Gasteiger partial charge in [0.1, 0.15) is 0 Å². The van der Waals surface area contributed by atoms with Crippen LogP contribution in [0.15, 0.2) is 48.5 Å². The summed E-state index contributed by atoms with van der Waals surface area (Å²) in [7, 11) is 0. The van der Waals surface area contributed by atoms with Gasteiger partial charge in [0.25, 0.3) is 0 Å². The van der Waals surface area contributed by atoms with Crippen molar-refractivity contribution >= 4 is 10.8 Å². The Balaban J connectivity index is -0.000000244. The van der Waals surface area contributed by atoms with Gasteiger partial charge in [-0.15, -0.1) is 0 Å². The van der Waals surface area contributed by atoms with Gasteiger partial charge in [-0.25, -0.2) is 0 Å². The topological polar surface area (TPSA) is 0 Å². The minimum atomic E-state index is 1.31. The molecule has 18 heavy (non-hydrogen) atoms. The van der Waals surface area contributed by atoms with E-state index in [2.05, 4.69) is 48.5 Å². The van der Waals surface area contributed by atoms with Gasteiger partial charge < -0.3 is 0 Å². The fourth-order valence-corrected chi connectivity index (χ4v) is 1.13. The lowest BCUT2D eigenvalue weighted by Crippen LogP contribution is -1.67. The van der Waals surface area contributed by atoms with E-state index < -0.39 is 0 Å². The number of benzene rings is 2. The van der Waals surface area contributed by atoms with Gasteiger partial charge >= 0.3 is 0 Å². The molecule has 0 bridgehead atoms. The lowest BCUT2D eigenvalue weighted by Gasteiger charge is -1.92. The standard InChI is InChI=1S/C10H8.4C2H6/c1-2-6-10-8-4-3-7-9(10)5-1;4*1-2/h1-8H;4*1-2H3. The quantitative estimate of drug-likeness (QED) is 0.473. The molecule has 2 aromatic rings. The molecule has 0 saturated carbocycles. The summed E-state index contributed by atoms with van der Waals surface area (Å²) in [5, 5.41) is 2.62. The zero-order valence-electron chi connectivity index (χ0n) is 13.6. The van der Waals surface area contributed by atoms with Crippen molar-refractivity contribution in [1.29, 1.82) is 0 Å². The smallest absolute Gasteiger partial charge is 0.0184 e. The average Bonchev–Trinajstić information content (AvgIpc) is 2.55. The third-order valence-corrected chi connectivity index (χ3v) is 1.66. The lowest BCUT2D eigenvalue weighted by molar-refractivity contribution is 1.50. The second-order valence-electron chi connectivity index (χ2n) is 2.35. The van der Waals surface area contributed by atoms with Gasteiger partial charge in [-0.3, -0.25) is 0 Å². The number of hydrogen-bond acceptors (Lipinski definition) is 0. The summed E-state index contributed by atoms with van der Waals surface area (Å²) in [6.07, 6.45) is 0. The van der Waals surface area contributed by atoms with Crippen LogP contribution >= 0.6 is 0 Å². The molecule has 0 amide bonds. The van der Waals surface area contributed by atoms with Crippen LogP contribution in [0, 0.1) is 0 Å². The maximum absolute atomic E-state index is 2.12. The third kappa shape index (κ3) is 9.89. The minimum Gasteiger partial charge on any atom is -0.0683 e. The van der Waals surface area contributed by atoms with Crippen molar-refractivity contribution in [2.24, 2.45) is 0 Å². The normalized spacial score (nSPS) is 6.89. The van der Waals surface area contributed by atoms with E-state index in [0.29, 0.717) is 0 Å². The molecule has 0 heteroatoms. The molecular weight excluding hydrogens is 216 g/mol. The molecule has 0 atom stereocenters. The van der Waals surface area contributed by atoms with Crippen molar-refractivity contribution < 1.29 is 0 Å². The Labute approximate surface area is 115 Å². The molecule has 0 aliphatic heterocycles. The molecule has 0 N–H and O–H groups in total. The fourth-order valence-electron chi connectivity index (χ4n) is 1.13. The second kappa shape index (κ2) is 21.0. The van der Waals surface area contributed by atoms with E-state index >= 15 is 0 Å². The first kappa shape index (κ1) is 21.9. The van der Waals surface area contributed by atoms with Crippen LogP contribution in [0.5, 0.6) is 0 Å². The van der Waals surface area contributed by atoms with Gasteiger partial charge in [0.2, 0.25) is 0 Å². The predicted molar refractivity (Wildman–Crippen MR) is 89.3 cm³/mol. The van der Waals surface area contributed by atoms with E-state index in [0.717, 1.165) is 0 Å². The van der Waals surface area contributed by atoms with E-state index in [1.165, 1.54) is 10.8 Å². The summed E-state index contributed by atoms with van der Waals surface area (Å²) in [4.78, 5) is 0. The molecule has 0 spiro atoms. The Morgan fingerprint density at radius 1 is 0.389 bits per heavy atom. The monoisotopic (exact) mass is 248 g/mol. The molecule has 0 heterocycles. The third-order valence-electron chi connectivity index (χ3n) is 1.66. The van der Waals surface area contributed by atoms with Crippen molar-refractivity contribution in [3.63, 3.8) is 0 Å². The predicted octanol–water partition coefficient (Wildman–Crippen LogP) is 6.94. The molecule has 0 radical (unpaired) electrons. The first-order chi connectivity index (χ1) is 8.97. The van der Waals surface area contributed by atoms with Crippen LogP contribution in [0.1, 0.15) is 55.4 Å². The van der Waals surface area contributed by atoms with Gasteiger partial charge in [0.05, 0.1) is 0 Å². The molecule has 0 aliphatic carbocycles. The molecule has 0 aromatic heterocycles. The summed E-state index contributed by atoms with van der Waals surface area (Å²) < 4.78 is 0. The molecule has 2 aromatic carbocycles. The van der Waals surface area contributed by atoms with Gasteiger partial charge in [-0.2, -0.15) is 0 Å². The fraction of sp³-hybridized carbons (Fsp3) is 0.444. The van der Waals surface area contributed by atoms with Crippen LogP contribution in [0.4, 0.5) is 0 Å². The maximum atomic E-state index is 2.12. The van der Waals surface area contributed by atoms with Crippen LogP contribution in [-0.4, -0.2) is 0 Å². The van der Waals surface area contributed by atoms with E-state index in [1.807, 2.05) is 55.4 Å². The Morgan fingerprint density at radius 3 is 0.722 bits per heavy atom. The van der Waals surface area contributed by atoms with Crippen LogP contribution < -0.4 is 0 Å². The molecule has 0 saturated heterocycles. The summed E-state index contributed by atoms with van der Waals surface area (Å²) in [5.74, 6) is 0. The van der Waals surface area contributed by atoms with Crippen molar-refractivity contribution in [3.8, 4) is 0 Å². The summed E-state index contributed by atoms with van der Waals surface area (Å²) in [5.41, 5.74) is 0. The van der Waals surface area contributed by atoms with E-state index in [-0.39, 0.29) is 0 Å². The minimum absolute atomic E-state index is 1.31. The number of fused-ring (bicyclic) bond motifs is 1. The Bertz CT molecular complexity index is 271. The van der Waals surface area contributed by atoms with Gasteiger partial charge in [0.15, 0.2) is 0 Å². The van der Waals surface area contributed by atoms with Crippen LogP contribution in [0.3, 0.4) is 0 Å². The highest BCUT2D eigenvalue weighted by atomic mass is 13.9. The second-order valence-corrected chi connectivity index (χ2v) is 2.35. The highest BCUT2D eigenvalue weighted by molar-refractivity contribution is 5.81. The van der Waals surface area contributed by atoms with Gasteiger partial charge in [-0.1, -0.05) is 104 Å². The molecule has 0 nitrogen and oxygen atoms in total. The number of rotatable bonds is 0. The van der Waals surface area contributed by atoms with Crippen LogP contribution in [0.25, 0.3) is 10.8 Å². The van der Waals surface area contributed by atoms with Crippen molar-refractivity contribution in [2.75, 3.05) is 0 Å². The summed E-state index contributed by atoms with van der Waals surface area (Å²) in [6.45, 7) is 16.0. The first-order valence-corrected chi connectivity index (χ1v) is 7.40. The Hall–Kier alpha value is -1.30. The lowest BCUT2D eigenvalue weighted by atomic mass is 10.1. The summed E-state index contributed by atoms with van der Waals surface area (Å²) in [6, 6.07) is 16.7. The molecule has 0 aliphatic rings. The highest BCUT2D eigenvalue weighted by Crippen LogP contribution is 2.11. The zero-order chi connectivity index (χ0) is 14.8. The average molecular weight is 248 g/mol. The van der Waals surface area contributed by atoms with Crippen molar-refractivity contribution in [3.05, 3.63) is 48.5 Å². The van der Waals surface area contributed by atoms with Crippen LogP contribution in [-0.2, 0) is 0 Å². The molecule has 104 valence electrons. The molecular formula is C18H32. The number of hydrogen-bond donors (Lipinski definition) is 0. The first-order valence-electron chi connectivity index (χ1n) is 7.40. The van der Waals surface area contributed by atoms with E-state index in [9.17, 15) is 0 Å². The maximum Gasteiger partial charge on any atom is -0.0184 e. The highest BCUT2D eigenvalue weighted by Gasteiger charge is 1.85. The van der Waals surface area contributed by atoms with Crippen LogP contribution in [0.2, 0.25) is 0 Å². The largest absolute Gasteiger partial charge is 0.0683 e. The van der Waals surface area contributed by atoms with E-state index in [4.69, 9.17) is 0 Å². The zero-order valence-corrected chi connectivity index (χ0v) is 13.6. The Kier molecular flexibility index (Phi) is 25.6. The Morgan fingerprint density at radius 2 is 0.556 bits per heavy atom. The van der Waals surface area contributed by atoms with Gasteiger partial charge in [0, 0.05) is 0 Å². The molecule has 0 unspecified atom stereocenters. The molecule has 0 fully saturated rings. The van der Waals surface area contributed by atoms with Crippen molar-refractivity contribution in [2.45, 2.75) is 55.4 Å². The summed E-state index contributed by atoms with van der Waals surface area (Å²) >= 11 is 0. The van der Waals surface area contributed by atoms with Crippen molar-refractivity contribution in [1.82, 2.24) is 0 Å². The van der Waals surface area contributed by atoms with Gasteiger partial charge in [-0.05, 0) is 10.8 Å². The van der Waals surface area contributed by atoms with E-state index in [1.54, 1.807) is 0 Å². The SMILES string of the molecule is CC.CC.CC.CC.c1ccc2ccccc2c1. The molecule has 2 rings (SSSR count).